The summed E-state index contributed by atoms with van der Waals surface area (Å²) in [4.78, 5) is 28.3. The standard InChI is InChI=1S/C32H33ClN6O5/c1-2-41-28-16-25-23(15-26(28)38-31(40)7-5-11-39-17-29-30(18-39)43-13-12-42-29)32(36-20-35-25)37-21-8-9-27(24(33)14-21)44-19-22-6-3-4-10-34-22/h3-10,14-16,20,29-30H,2,11-13,17-19H2,1H3,(H,38,40)(H,35,36,37)/t29-,30+. The van der Waals surface area contributed by atoms with Crippen molar-refractivity contribution in [1.82, 2.24) is 19.9 Å². The normalized spacial score (nSPS) is 18.3. The Morgan fingerprint density at radius 1 is 1.05 bits per heavy atom. The lowest BCUT2D eigenvalue weighted by Gasteiger charge is -2.24. The van der Waals surface area contributed by atoms with Crippen LogP contribution in [0.5, 0.6) is 11.5 Å². The summed E-state index contributed by atoms with van der Waals surface area (Å²) in [6, 6.07) is 14.6. The molecule has 2 saturated heterocycles. The molecule has 4 aromatic rings. The average Bonchev–Trinajstić information content (AvgIpc) is 3.45. The number of halogens is 1. The monoisotopic (exact) mass is 616 g/mol. The second kappa shape index (κ2) is 14.0. The number of nitrogens with one attached hydrogen (secondary N) is 2. The van der Waals surface area contributed by atoms with E-state index < -0.39 is 0 Å². The number of aromatic nitrogens is 3. The number of likely N-dealkylation sites (tertiary alicyclic amines) is 1. The van der Waals surface area contributed by atoms with E-state index in [4.69, 9.17) is 30.5 Å². The van der Waals surface area contributed by atoms with E-state index >= 15 is 0 Å². The number of pyridine rings is 1. The van der Waals surface area contributed by atoms with Crippen LogP contribution >= 0.6 is 11.6 Å². The Bertz CT molecular complexity index is 1620. The van der Waals surface area contributed by atoms with Crippen molar-refractivity contribution in [1.29, 1.82) is 0 Å². The zero-order chi connectivity index (χ0) is 30.3. The van der Waals surface area contributed by atoms with Crippen molar-refractivity contribution in [3.05, 3.63) is 83.9 Å². The Hall–Kier alpha value is -4.29. The van der Waals surface area contributed by atoms with Crippen molar-refractivity contribution >= 4 is 45.6 Å². The minimum atomic E-state index is -0.270. The summed E-state index contributed by atoms with van der Waals surface area (Å²) in [6.45, 7) is 6.08. The number of nitrogens with zero attached hydrogens (tertiary/aromatic N) is 4. The van der Waals surface area contributed by atoms with Gasteiger partial charge in [0.25, 0.3) is 0 Å². The van der Waals surface area contributed by atoms with Crippen molar-refractivity contribution in [2.75, 3.05) is 50.1 Å². The Kier molecular flexibility index (Phi) is 9.47. The molecule has 2 N–H and O–H groups in total. The number of benzene rings is 2. The fourth-order valence-corrected chi connectivity index (χ4v) is 5.43. The minimum absolute atomic E-state index is 0.0989. The van der Waals surface area contributed by atoms with E-state index in [0.29, 0.717) is 77.6 Å². The van der Waals surface area contributed by atoms with Gasteiger partial charge in [0, 0.05) is 49.0 Å². The molecule has 0 aliphatic carbocycles. The summed E-state index contributed by atoms with van der Waals surface area (Å²) < 4.78 is 23.2. The maximum atomic E-state index is 12.9. The van der Waals surface area contributed by atoms with Gasteiger partial charge in [-0.05, 0) is 43.3 Å². The fourth-order valence-electron chi connectivity index (χ4n) is 5.19. The van der Waals surface area contributed by atoms with Crippen LogP contribution in [0.3, 0.4) is 0 Å². The van der Waals surface area contributed by atoms with Crippen LogP contribution in [0.25, 0.3) is 10.9 Å². The van der Waals surface area contributed by atoms with Gasteiger partial charge in [0.05, 0.1) is 53.9 Å². The van der Waals surface area contributed by atoms with Crippen LogP contribution in [0.1, 0.15) is 12.6 Å². The topological polar surface area (TPSA) is 120 Å². The Labute approximate surface area is 260 Å². The molecule has 0 unspecified atom stereocenters. The zero-order valence-corrected chi connectivity index (χ0v) is 25.0. The largest absolute Gasteiger partial charge is 0.492 e. The molecule has 228 valence electrons. The molecular weight excluding hydrogens is 584 g/mol. The molecule has 0 radical (unpaired) electrons. The number of amides is 1. The fraction of sp³-hybridized carbons (Fsp3) is 0.312. The number of hydrogen-bond donors (Lipinski definition) is 2. The van der Waals surface area contributed by atoms with Gasteiger partial charge in [-0.25, -0.2) is 9.97 Å². The third-order valence-electron chi connectivity index (χ3n) is 7.26. The summed E-state index contributed by atoms with van der Waals surface area (Å²) in [5.41, 5.74) is 2.68. The average molecular weight is 617 g/mol. The Balaban J connectivity index is 1.14. The van der Waals surface area contributed by atoms with Crippen molar-refractivity contribution in [2.24, 2.45) is 0 Å². The van der Waals surface area contributed by atoms with Gasteiger partial charge in [-0.2, -0.15) is 0 Å². The second-order valence-electron chi connectivity index (χ2n) is 10.3. The van der Waals surface area contributed by atoms with Gasteiger partial charge in [0.15, 0.2) is 0 Å². The Morgan fingerprint density at radius 3 is 2.64 bits per heavy atom. The SMILES string of the molecule is CCOc1cc2ncnc(Nc3ccc(OCc4ccccn4)c(Cl)c3)c2cc1NC(=O)C=CCN1C[C@@H]2OCCO[C@@H]2C1. The van der Waals surface area contributed by atoms with E-state index in [2.05, 4.69) is 30.5 Å². The molecule has 2 aliphatic heterocycles. The third kappa shape index (κ3) is 7.25. The van der Waals surface area contributed by atoms with Gasteiger partial charge in [0.1, 0.15) is 30.3 Å². The number of hydrogen-bond acceptors (Lipinski definition) is 10. The second-order valence-corrected chi connectivity index (χ2v) is 10.7. The lowest BCUT2D eigenvalue weighted by Crippen LogP contribution is -2.36. The van der Waals surface area contributed by atoms with Crippen molar-refractivity contribution in [3.63, 3.8) is 0 Å². The molecule has 12 heteroatoms. The summed E-state index contributed by atoms with van der Waals surface area (Å²) >= 11 is 6.53. The van der Waals surface area contributed by atoms with E-state index in [9.17, 15) is 4.79 Å². The van der Waals surface area contributed by atoms with Crippen LogP contribution in [-0.4, -0.2) is 77.4 Å². The molecule has 4 heterocycles. The number of fused-ring (bicyclic) bond motifs is 2. The first-order valence-corrected chi connectivity index (χ1v) is 14.9. The summed E-state index contributed by atoms with van der Waals surface area (Å²) in [5, 5.41) is 7.40. The first-order chi connectivity index (χ1) is 21.6. The van der Waals surface area contributed by atoms with Crippen molar-refractivity contribution in [3.8, 4) is 11.5 Å². The maximum Gasteiger partial charge on any atom is 0.248 e. The number of carbonyl (C=O) groups is 1. The van der Waals surface area contributed by atoms with Gasteiger partial charge < -0.3 is 29.6 Å². The molecule has 2 aromatic carbocycles. The van der Waals surface area contributed by atoms with Gasteiger partial charge in [-0.3, -0.25) is 14.7 Å². The lowest BCUT2D eigenvalue weighted by molar-refractivity contribution is -0.116. The number of ether oxygens (including phenoxy) is 4. The third-order valence-corrected chi connectivity index (χ3v) is 7.56. The molecule has 11 nitrogen and oxygen atoms in total. The van der Waals surface area contributed by atoms with Crippen LogP contribution in [0.15, 0.2) is 73.2 Å². The van der Waals surface area contributed by atoms with Gasteiger partial charge in [-0.15, -0.1) is 0 Å². The predicted octanol–water partition coefficient (Wildman–Crippen LogP) is 4.99. The summed E-state index contributed by atoms with van der Waals surface area (Å²) in [7, 11) is 0. The molecule has 1 amide bonds. The summed E-state index contributed by atoms with van der Waals surface area (Å²) in [6.07, 6.45) is 6.76. The summed E-state index contributed by atoms with van der Waals surface area (Å²) in [5.74, 6) is 1.33. The highest BCUT2D eigenvalue weighted by molar-refractivity contribution is 6.32. The quantitative estimate of drug-likeness (QED) is 0.223. The molecule has 0 spiro atoms. The van der Waals surface area contributed by atoms with E-state index in [0.717, 1.165) is 18.8 Å². The smallest absolute Gasteiger partial charge is 0.248 e. The van der Waals surface area contributed by atoms with Gasteiger partial charge in [0.2, 0.25) is 5.91 Å². The first-order valence-electron chi connectivity index (χ1n) is 14.5. The lowest BCUT2D eigenvalue weighted by atomic mass is 10.1. The van der Waals surface area contributed by atoms with Crippen LogP contribution in [0.4, 0.5) is 17.2 Å². The van der Waals surface area contributed by atoms with Gasteiger partial charge >= 0.3 is 0 Å². The molecule has 44 heavy (non-hydrogen) atoms. The van der Waals surface area contributed by atoms with Crippen LogP contribution in [0.2, 0.25) is 5.02 Å². The van der Waals surface area contributed by atoms with Gasteiger partial charge in [-0.1, -0.05) is 23.7 Å². The van der Waals surface area contributed by atoms with E-state index in [1.54, 1.807) is 30.5 Å². The van der Waals surface area contributed by atoms with Crippen LogP contribution < -0.4 is 20.1 Å². The molecule has 0 bridgehead atoms. The van der Waals surface area contributed by atoms with Crippen LogP contribution in [-0.2, 0) is 20.9 Å². The Morgan fingerprint density at radius 2 is 1.89 bits per heavy atom. The van der Waals surface area contributed by atoms with Crippen LogP contribution in [0, 0.1) is 0 Å². The minimum Gasteiger partial charge on any atom is -0.492 e. The molecule has 2 fully saturated rings. The molecular formula is C32H33ClN6O5. The first kappa shape index (κ1) is 29.8. The number of rotatable bonds is 11. The van der Waals surface area contributed by atoms with E-state index in [-0.39, 0.29) is 18.1 Å². The molecule has 2 atom stereocenters. The highest BCUT2D eigenvalue weighted by Crippen LogP contribution is 2.35. The number of anilines is 3. The highest BCUT2D eigenvalue weighted by atomic mass is 35.5. The molecule has 6 rings (SSSR count). The highest BCUT2D eigenvalue weighted by Gasteiger charge is 2.35. The van der Waals surface area contributed by atoms with E-state index in [1.165, 1.54) is 12.4 Å². The molecule has 0 saturated carbocycles. The number of carbonyl (C=O) groups excluding carboxylic acids is 1. The molecule has 2 aliphatic rings. The van der Waals surface area contributed by atoms with E-state index in [1.807, 2.05) is 37.3 Å². The van der Waals surface area contributed by atoms with Crippen molar-refractivity contribution in [2.45, 2.75) is 25.7 Å². The molecule has 2 aromatic heterocycles. The predicted molar refractivity (Wildman–Crippen MR) is 168 cm³/mol. The zero-order valence-electron chi connectivity index (χ0n) is 24.2. The van der Waals surface area contributed by atoms with Crippen molar-refractivity contribution < 1.29 is 23.7 Å². The maximum absolute atomic E-state index is 12.9.